The Morgan fingerprint density at radius 1 is 0.960 bits per heavy atom. The number of hydrogen-bond donors (Lipinski definition) is 1. The third kappa shape index (κ3) is 5.58. The lowest BCUT2D eigenvalue weighted by Gasteiger charge is -2.42. The molecule has 146 valence electrons. The molecule has 4 nitrogen and oxygen atoms in total. The molecule has 0 heterocycles. The summed E-state index contributed by atoms with van der Waals surface area (Å²) in [5, 5.41) is 9.82. The van der Waals surface area contributed by atoms with E-state index in [0.717, 1.165) is 6.42 Å². The zero-order valence-electron chi connectivity index (χ0n) is 17.5. The van der Waals surface area contributed by atoms with Crippen molar-refractivity contribution >= 4 is 11.9 Å². The normalized spacial score (nSPS) is 17.3. The molecular weight excluding hydrogens is 316 g/mol. The maximum absolute atomic E-state index is 12.1. The van der Waals surface area contributed by atoms with Crippen molar-refractivity contribution in [2.24, 2.45) is 21.7 Å². The predicted octanol–water partition coefficient (Wildman–Crippen LogP) is 5.47. The van der Waals surface area contributed by atoms with Gasteiger partial charge in [-0.3, -0.25) is 9.59 Å². The molecule has 0 aromatic rings. The number of hydrogen-bond acceptors (Lipinski definition) is 3. The number of carbonyl (C=O) groups is 2. The van der Waals surface area contributed by atoms with E-state index in [2.05, 4.69) is 34.3 Å². The van der Waals surface area contributed by atoms with Crippen LogP contribution in [0.1, 0.15) is 80.6 Å². The first kappa shape index (κ1) is 23.7. The molecule has 0 aromatic heterocycles. The van der Waals surface area contributed by atoms with Gasteiger partial charge < -0.3 is 9.84 Å². The minimum atomic E-state index is -0.862. The van der Waals surface area contributed by atoms with Crippen LogP contribution in [0.15, 0.2) is 12.7 Å². The van der Waals surface area contributed by atoms with E-state index < -0.39 is 16.8 Å². The quantitative estimate of drug-likeness (QED) is 0.395. The number of rotatable bonds is 11. The molecule has 0 aliphatic carbocycles. The van der Waals surface area contributed by atoms with Gasteiger partial charge in [0.05, 0.1) is 17.9 Å². The van der Waals surface area contributed by atoms with E-state index in [1.54, 1.807) is 6.92 Å². The summed E-state index contributed by atoms with van der Waals surface area (Å²) >= 11 is 0. The third-order valence-electron chi connectivity index (χ3n) is 6.76. The number of methoxy groups -OCH3 is 1. The maximum Gasteiger partial charge on any atom is 0.311 e. The lowest BCUT2D eigenvalue weighted by molar-refractivity contribution is -0.156. The van der Waals surface area contributed by atoms with E-state index in [1.807, 2.05) is 19.9 Å². The van der Waals surface area contributed by atoms with E-state index in [1.165, 1.54) is 7.11 Å². The zero-order chi connectivity index (χ0) is 20.1. The van der Waals surface area contributed by atoms with E-state index >= 15 is 0 Å². The molecule has 2 unspecified atom stereocenters. The summed E-state index contributed by atoms with van der Waals surface area (Å²) in [5.74, 6) is -1.07. The van der Waals surface area contributed by atoms with Gasteiger partial charge in [0, 0.05) is 0 Å². The fourth-order valence-electron chi connectivity index (χ4n) is 2.75. The summed E-state index contributed by atoms with van der Waals surface area (Å²) in [6.07, 6.45) is 4.86. The van der Waals surface area contributed by atoms with Crippen LogP contribution in [0.3, 0.4) is 0 Å². The molecule has 0 aliphatic rings. The number of carbonyl (C=O) groups excluding carboxylic acids is 1. The molecule has 0 aromatic carbocycles. The third-order valence-corrected chi connectivity index (χ3v) is 6.76. The van der Waals surface area contributed by atoms with Crippen LogP contribution in [0.5, 0.6) is 0 Å². The predicted molar refractivity (Wildman–Crippen MR) is 102 cm³/mol. The molecule has 0 amide bonds. The topological polar surface area (TPSA) is 63.6 Å². The van der Waals surface area contributed by atoms with Gasteiger partial charge in [-0.1, -0.05) is 40.7 Å². The smallest absolute Gasteiger partial charge is 0.311 e. The Morgan fingerprint density at radius 3 is 1.76 bits per heavy atom. The minimum absolute atomic E-state index is 0.0676. The average molecular weight is 355 g/mol. The molecule has 0 fully saturated rings. The maximum atomic E-state index is 12.1. The molecule has 0 aliphatic heterocycles. The SMILES string of the molecule is C=CC(C)(C)C(C)(C)CCC(C)(CCC(C)(CC)C(=O)OC)C(=O)O. The number of esters is 1. The van der Waals surface area contributed by atoms with Gasteiger partial charge in [-0.2, -0.15) is 0 Å². The van der Waals surface area contributed by atoms with Crippen LogP contribution in [0, 0.1) is 21.7 Å². The van der Waals surface area contributed by atoms with Gasteiger partial charge in [-0.15, -0.1) is 6.58 Å². The minimum Gasteiger partial charge on any atom is -0.481 e. The standard InChI is InChI=1S/C21H38O4/c1-10-18(3,4)19(5,6)12-13-21(8,16(22)23)15-14-20(7,11-2)17(24)25-9/h10H,1,11-15H2,2-9H3,(H,22,23). The molecule has 25 heavy (non-hydrogen) atoms. The second-order valence-corrected chi connectivity index (χ2v) is 9.08. The van der Waals surface area contributed by atoms with Crippen molar-refractivity contribution in [1.29, 1.82) is 0 Å². The molecule has 0 rings (SSSR count). The van der Waals surface area contributed by atoms with Gasteiger partial charge in [-0.05, 0) is 56.8 Å². The monoisotopic (exact) mass is 354 g/mol. The van der Waals surface area contributed by atoms with Gasteiger partial charge >= 0.3 is 11.9 Å². The van der Waals surface area contributed by atoms with E-state index in [9.17, 15) is 14.7 Å². The second kappa shape index (κ2) is 8.37. The van der Waals surface area contributed by atoms with Crippen molar-refractivity contribution in [3.63, 3.8) is 0 Å². The van der Waals surface area contributed by atoms with E-state index in [0.29, 0.717) is 25.7 Å². The first-order valence-electron chi connectivity index (χ1n) is 9.17. The van der Waals surface area contributed by atoms with Crippen molar-refractivity contribution < 1.29 is 19.4 Å². The lowest BCUT2D eigenvalue weighted by Crippen LogP contribution is -2.37. The van der Waals surface area contributed by atoms with Crippen LogP contribution >= 0.6 is 0 Å². The Balaban J connectivity index is 5.24. The molecule has 0 bridgehead atoms. The van der Waals surface area contributed by atoms with Crippen molar-refractivity contribution in [3.8, 4) is 0 Å². The first-order chi connectivity index (χ1) is 11.2. The fraction of sp³-hybridized carbons (Fsp3) is 0.810. The van der Waals surface area contributed by atoms with Gasteiger partial charge in [-0.25, -0.2) is 0 Å². The van der Waals surface area contributed by atoms with Gasteiger partial charge in [0.25, 0.3) is 0 Å². The Hall–Kier alpha value is -1.32. The summed E-state index contributed by atoms with van der Waals surface area (Å²) in [7, 11) is 1.38. The Morgan fingerprint density at radius 2 is 1.40 bits per heavy atom. The van der Waals surface area contributed by atoms with Crippen LogP contribution in [0.25, 0.3) is 0 Å². The Bertz CT molecular complexity index is 492. The number of aliphatic carboxylic acids is 1. The Labute approximate surface area is 154 Å². The summed E-state index contributed by atoms with van der Waals surface area (Å²) in [6.45, 7) is 18.1. The highest BCUT2D eigenvalue weighted by Crippen LogP contribution is 2.46. The number of carboxylic acids is 1. The van der Waals surface area contributed by atoms with Crippen LogP contribution in [0.4, 0.5) is 0 Å². The molecule has 0 spiro atoms. The van der Waals surface area contributed by atoms with Crippen LogP contribution in [-0.4, -0.2) is 24.2 Å². The molecule has 4 heteroatoms. The van der Waals surface area contributed by atoms with Crippen molar-refractivity contribution in [2.45, 2.75) is 80.6 Å². The average Bonchev–Trinajstić information content (AvgIpc) is 2.56. The largest absolute Gasteiger partial charge is 0.481 e. The summed E-state index contributed by atoms with van der Waals surface area (Å²) in [6, 6.07) is 0. The molecule has 0 saturated carbocycles. The van der Waals surface area contributed by atoms with Gasteiger partial charge in [0.15, 0.2) is 0 Å². The number of allylic oxidation sites excluding steroid dienone is 1. The molecule has 0 radical (unpaired) electrons. The highest BCUT2D eigenvalue weighted by molar-refractivity contribution is 5.77. The number of carboxylic acid groups (broad SMARTS) is 1. The summed E-state index contributed by atoms with van der Waals surface area (Å²) < 4.78 is 4.91. The molecular formula is C21H38O4. The molecule has 0 saturated heterocycles. The van der Waals surface area contributed by atoms with E-state index in [-0.39, 0.29) is 16.8 Å². The summed E-state index contributed by atoms with van der Waals surface area (Å²) in [4.78, 5) is 24.0. The lowest BCUT2D eigenvalue weighted by atomic mass is 9.63. The highest BCUT2D eigenvalue weighted by Gasteiger charge is 2.42. The van der Waals surface area contributed by atoms with Crippen molar-refractivity contribution in [3.05, 3.63) is 12.7 Å². The van der Waals surface area contributed by atoms with Gasteiger partial charge in [0.2, 0.25) is 0 Å². The zero-order valence-corrected chi connectivity index (χ0v) is 17.5. The van der Waals surface area contributed by atoms with Crippen LogP contribution in [-0.2, 0) is 14.3 Å². The highest BCUT2D eigenvalue weighted by atomic mass is 16.5. The van der Waals surface area contributed by atoms with Gasteiger partial charge in [0.1, 0.15) is 0 Å². The van der Waals surface area contributed by atoms with E-state index in [4.69, 9.17) is 4.74 Å². The van der Waals surface area contributed by atoms with Crippen molar-refractivity contribution in [1.82, 2.24) is 0 Å². The second-order valence-electron chi connectivity index (χ2n) is 9.08. The van der Waals surface area contributed by atoms with Crippen LogP contribution in [0.2, 0.25) is 0 Å². The summed E-state index contributed by atoms with van der Waals surface area (Å²) in [5.41, 5.74) is -1.65. The van der Waals surface area contributed by atoms with Crippen molar-refractivity contribution in [2.75, 3.05) is 7.11 Å². The molecule has 1 N–H and O–H groups in total. The van der Waals surface area contributed by atoms with Crippen LogP contribution < -0.4 is 0 Å². The fourth-order valence-corrected chi connectivity index (χ4v) is 2.75. The Kier molecular flexibility index (Phi) is 7.93. The number of ether oxygens (including phenoxy) is 1. The first-order valence-corrected chi connectivity index (χ1v) is 9.17. The molecule has 2 atom stereocenters.